The zero-order valence-corrected chi connectivity index (χ0v) is 12.1. The Balaban J connectivity index is 2.14. The van der Waals surface area contributed by atoms with E-state index in [9.17, 15) is 8.42 Å². The Morgan fingerprint density at radius 2 is 1.55 bits per heavy atom. The van der Waals surface area contributed by atoms with Gasteiger partial charge in [-0.3, -0.25) is 0 Å². The average molecular weight is 310 g/mol. The molecule has 108 valence electrons. The third-order valence-corrected chi connectivity index (χ3v) is 5.38. The lowest BCUT2D eigenvalue weighted by molar-refractivity contribution is 0.423. The second-order valence-corrected chi connectivity index (χ2v) is 6.77. The molecule has 0 bridgehead atoms. The molecule has 6 heteroatoms. The maximum absolute atomic E-state index is 12.9. The quantitative estimate of drug-likeness (QED) is 0.568. The van der Waals surface area contributed by atoms with Gasteiger partial charge in [0.15, 0.2) is 5.58 Å². The molecule has 0 saturated heterocycles. The van der Waals surface area contributed by atoms with E-state index in [0.29, 0.717) is 21.9 Å². The summed E-state index contributed by atoms with van der Waals surface area (Å²) in [6, 6.07) is 17.0. The number of fused-ring (bicyclic) bond motifs is 3. The second-order valence-electron chi connectivity index (χ2n) is 4.86. The third kappa shape index (κ3) is 1.81. The zero-order chi connectivity index (χ0) is 15.2. The topological polar surface area (TPSA) is 73.1 Å². The van der Waals surface area contributed by atoms with Crippen LogP contribution >= 0.6 is 0 Å². The molecule has 0 spiro atoms. The van der Waals surface area contributed by atoms with Gasteiger partial charge in [0.1, 0.15) is 5.52 Å². The second kappa shape index (κ2) is 4.64. The molecule has 3 aromatic carbocycles. The molecule has 0 amide bonds. The highest BCUT2D eigenvalue weighted by molar-refractivity contribution is 7.91. The van der Waals surface area contributed by atoms with Crippen molar-refractivity contribution in [2.24, 2.45) is 0 Å². The van der Waals surface area contributed by atoms with Crippen molar-refractivity contribution >= 4 is 31.7 Å². The number of sulfone groups is 1. The van der Waals surface area contributed by atoms with E-state index in [2.05, 4.69) is 10.4 Å². The molecule has 1 heterocycles. The van der Waals surface area contributed by atoms with Crippen LogP contribution in [0.4, 0.5) is 0 Å². The molecular weight excluding hydrogens is 300 g/mol. The summed E-state index contributed by atoms with van der Waals surface area (Å²) in [5.41, 5.74) is 0.913. The Hall–Kier alpha value is -2.73. The molecule has 0 aliphatic heterocycles. The van der Waals surface area contributed by atoms with E-state index >= 15 is 0 Å². The van der Waals surface area contributed by atoms with Gasteiger partial charge in [-0.25, -0.2) is 8.42 Å². The van der Waals surface area contributed by atoms with Crippen LogP contribution in [0.5, 0.6) is 0 Å². The van der Waals surface area contributed by atoms with E-state index in [4.69, 9.17) is 4.52 Å². The first-order chi connectivity index (χ1) is 10.7. The largest absolute Gasteiger partial charge is 0.337 e. The lowest BCUT2D eigenvalue weighted by Gasteiger charge is -2.08. The van der Waals surface area contributed by atoms with Gasteiger partial charge in [-0.15, -0.1) is 5.10 Å². The van der Waals surface area contributed by atoms with Crippen LogP contribution < -0.4 is 0 Å². The van der Waals surface area contributed by atoms with Gasteiger partial charge in [0.25, 0.3) is 0 Å². The molecule has 0 N–H and O–H groups in total. The van der Waals surface area contributed by atoms with Gasteiger partial charge in [0.2, 0.25) is 9.84 Å². The summed E-state index contributed by atoms with van der Waals surface area (Å²) in [4.78, 5) is 0.437. The van der Waals surface area contributed by atoms with Crippen molar-refractivity contribution in [3.8, 4) is 0 Å². The maximum atomic E-state index is 12.9. The molecule has 4 aromatic rings. The molecule has 0 fully saturated rings. The van der Waals surface area contributed by atoms with Gasteiger partial charge in [0.05, 0.1) is 9.79 Å². The lowest BCUT2D eigenvalue weighted by Crippen LogP contribution is -2.02. The summed E-state index contributed by atoms with van der Waals surface area (Å²) in [5.74, 6) is 0. The maximum Gasteiger partial charge on any atom is 0.207 e. The molecule has 0 unspecified atom stereocenters. The molecule has 0 atom stereocenters. The van der Waals surface area contributed by atoms with E-state index in [1.165, 1.54) is 6.07 Å². The SMILES string of the molecule is O=S(=O)(c1ccccc1)c1cc2onnc2c2ccccc12. The summed E-state index contributed by atoms with van der Waals surface area (Å²) in [5, 5.41) is 8.77. The molecule has 5 nitrogen and oxygen atoms in total. The van der Waals surface area contributed by atoms with Gasteiger partial charge < -0.3 is 4.52 Å². The molecule has 1 aromatic heterocycles. The van der Waals surface area contributed by atoms with Crippen molar-refractivity contribution < 1.29 is 12.9 Å². The van der Waals surface area contributed by atoms with E-state index in [0.717, 1.165) is 0 Å². The molecular formula is C16H10N2O3S. The molecule has 0 saturated carbocycles. The van der Waals surface area contributed by atoms with E-state index in [1.807, 2.05) is 12.1 Å². The number of nitrogens with zero attached hydrogens (tertiary/aromatic N) is 2. The van der Waals surface area contributed by atoms with Crippen LogP contribution in [-0.4, -0.2) is 18.8 Å². The van der Waals surface area contributed by atoms with Crippen LogP contribution in [0, 0.1) is 0 Å². The summed E-state index contributed by atoms with van der Waals surface area (Å²) in [7, 11) is -3.65. The summed E-state index contributed by atoms with van der Waals surface area (Å²) in [6.07, 6.45) is 0. The van der Waals surface area contributed by atoms with E-state index < -0.39 is 9.84 Å². The number of benzene rings is 3. The summed E-state index contributed by atoms with van der Waals surface area (Å²) >= 11 is 0. The smallest absolute Gasteiger partial charge is 0.207 e. The molecule has 22 heavy (non-hydrogen) atoms. The first-order valence-electron chi connectivity index (χ1n) is 6.62. The predicted molar refractivity (Wildman–Crippen MR) is 81.2 cm³/mol. The van der Waals surface area contributed by atoms with Crippen molar-refractivity contribution in [3.63, 3.8) is 0 Å². The van der Waals surface area contributed by atoms with Gasteiger partial charge in [0, 0.05) is 22.1 Å². The Labute approximate surface area is 126 Å². The van der Waals surface area contributed by atoms with Gasteiger partial charge in [-0.1, -0.05) is 42.5 Å². The Morgan fingerprint density at radius 1 is 0.864 bits per heavy atom. The van der Waals surface area contributed by atoms with Crippen molar-refractivity contribution in [2.45, 2.75) is 9.79 Å². The Morgan fingerprint density at radius 3 is 2.32 bits per heavy atom. The fourth-order valence-corrected chi connectivity index (χ4v) is 4.03. The van der Waals surface area contributed by atoms with E-state index in [-0.39, 0.29) is 9.79 Å². The minimum atomic E-state index is -3.65. The predicted octanol–water partition coefficient (Wildman–Crippen LogP) is 3.21. The van der Waals surface area contributed by atoms with Crippen LogP contribution in [0.1, 0.15) is 0 Å². The highest BCUT2D eigenvalue weighted by atomic mass is 32.2. The summed E-state index contributed by atoms with van der Waals surface area (Å²) in [6.45, 7) is 0. The monoisotopic (exact) mass is 310 g/mol. The number of aromatic nitrogens is 2. The fraction of sp³-hybridized carbons (Fsp3) is 0. The van der Waals surface area contributed by atoms with Crippen LogP contribution in [0.2, 0.25) is 0 Å². The zero-order valence-electron chi connectivity index (χ0n) is 11.3. The van der Waals surface area contributed by atoms with Crippen molar-refractivity contribution in [3.05, 3.63) is 60.7 Å². The first-order valence-corrected chi connectivity index (χ1v) is 8.10. The minimum absolute atomic E-state index is 0.195. The number of hydrogen-bond donors (Lipinski definition) is 0. The van der Waals surface area contributed by atoms with Gasteiger partial charge >= 0.3 is 0 Å². The average Bonchev–Trinajstić information content (AvgIpc) is 3.04. The van der Waals surface area contributed by atoms with Crippen molar-refractivity contribution in [2.75, 3.05) is 0 Å². The van der Waals surface area contributed by atoms with Crippen LogP contribution in [0.15, 0.2) is 75.0 Å². The van der Waals surface area contributed by atoms with Crippen molar-refractivity contribution in [1.29, 1.82) is 0 Å². The molecule has 0 radical (unpaired) electrons. The highest BCUT2D eigenvalue weighted by Gasteiger charge is 2.23. The standard InChI is InChI=1S/C16H10N2O3S/c19-22(20,11-6-2-1-3-7-11)15-10-14-16(17-18-21-14)13-9-5-4-8-12(13)15/h1-10H. The fourth-order valence-electron chi connectivity index (χ4n) is 2.53. The van der Waals surface area contributed by atoms with E-state index in [1.54, 1.807) is 42.5 Å². The van der Waals surface area contributed by atoms with Crippen molar-refractivity contribution in [1.82, 2.24) is 10.4 Å². The number of rotatable bonds is 2. The highest BCUT2D eigenvalue weighted by Crippen LogP contribution is 2.33. The molecule has 0 aliphatic rings. The molecule has 0 aliphatic carbocycles. The normalized spacial score (nSPS) is 12.0. The van der Waals surface area contributed by atoms with Gasteiger partial charge in [-0.05, 0) is 12.1 Å². The Kier molecular flexibility index (Phi) is 2.74. The third-order valence-electron chi connectivity index (χ3n) is 3.57. The molecule has 4 rings (SSSR count). The number of hydrogen-bond acceptors (Lipinski definition) is 5. The first kappa shape index (κ1) is 13.0. The lowest BCUT2D eigenvalue weighted by atomic mass is 10.1. The van der Waals surface area contributed by atoms with Crippen LogP contribution in [-0.2, 0) is 9.84 Å². The van der Waals surface area contributed by atoms with Crippen LogP contribution in [0.3, 0.4) is 0 Å². The Bertz CT molecular complexity index is 1090. The summed E-state index contributed by atoms with van der Waals surface area (Å²) < 4.78 is 30.9. The van der Waals surface area contributed by atoms with Gasteiger partial charge in [-0.2, -0.15) is 0 Å². The van der Waals surface area contributed by atoms with Crippen LogP contribution in [0.25, 0.3) is 21.9 Å². The minimum Gasteiger partial charge on any atom is -0.337 e.